The molecule has 1 aliphatic heterocycles. The molecule has 0 spiro atoms. The van der Waals surface area contributed by atoms with Gasteiger partial charge in [0.05, 0.1) is 6.33 Å². The molecule has 118 valence electrons. The lowest BCUT2D eigenvalue weighted by atomic mass is 10.1. The highest BCUT2D eigenvalue weighted by Gasteiger charge is 2.44. The minimum atomic E-state index is -1.20. The molecule has 0 amide bonds. The van der Waals surface area contributed by atoms with Crippen LogP contribution in [-0.2, 0) is 4.74 Å². The normalized spacial score (nSPS) is 28.1. The number of nitrogens with zero attached hydrogens (tertiary/aromatic N) is 6. The molecule has 3 rings (SSSR count). The Morgan fingerprint density at radius 3 is 2.77 bits per heavy atom. The molecule has 3 heterocycles. The fourth-order valence-corrected chi connectivity index (χ4v) is 2.34. The number of aliphatic hydroxyl groups excluding tert-OH is 2. The van der Waals surface area contributed by atoms with E-state index in [0.717, 1.165) is 0 Å². The summed E-state index contributed by atoms with van der Waals surface area (Å²) in [5, 5.41) is 23.9. The number of ether oxygens (including phenoxy) is 1. The minimum Gasteiger partial charge on any atom is -0.387 e. The second-order valence-corrected chi connectivity index (χ2v) is 4.83. The predicted octanol–water partition coefficient (Wildman–Crippen LogP) is -2.76. The van der Waals surface area contributed by atoms with Crippen LogP contribution >= 0.6 is 0 Å². The number of nitrogens with two attached hydrogens (primary N) is 3. The first-order chi connectivity index (χ1) is 10.5. The zero-order valence-corrected chi connectivity index (χ0v) is 11.4. The van der Waals surface area contributed by atoms with Crippen molar-refractivity contribution in [1.82, 2.24) is 19.5 Å². The molecular weight excluding hydrogens is 294 g/mol. The van der Waals surface area contributed by atoms with Crippen LogP contribution in [0.5, 0.6) is 0 Å². The van der Waals surface area contributed by atoms with Crippen LogP contribution < -0.4 is 17.4 Å². The van der Waals surface area contributed by atoms with Crippen molar-refractivity contribution < 1.29 is 19.9 Å². The Bertz CT molecular complexity index is 713. The van der Waals surface area contributed by atoms with Gasteiger partial charge in [-0.25, -0.2) is 15.0 Å². The third kappa shape index (κ3) is 2.28. The molecule has 8 N–H and O–H groups in total. The lowest BCUT2D eigenvalue weighted by Gasteiger charge is -2.16. The van der Waals surface area contributed by atoms with Gasteiger partial charge in [0.1, 0.15) is 41.6 Å². The summed E-state index contributed by atoms with van der Waals surface area (Å²) in [6, 6.07) is 0. The molecular formula is C10H16N9O3+. The molecule has 0 unspecified atom stereocenters. The molecule has 0 saturated carbocycles. The fraction of sp³-hybridized carbons (Fsp3) is 0.500. The van der Waals surface area contributed by atoms with Crippen LogP contribution in [-0.4, -0.2) is 59.5 Å². The molecule has 2 aromatic heterocycles. The quantitative estimate of drug-likeness (QED) is 0.173. The summed E-state index contributed by atoms with van der Waals surface area (Å²) in [4.78, 5) is 12.6. The Morgan fingerprint density at radius 2 is 2.05 bits per heavy atom. The number of aliphatic hydroxyl groups is 2. The maximum Gasteiger partial charge on any atom is 0.167 e. The van der Waals surface area contributed by atoms with Crippen LogP contribution in [0.2, 0.25) is 0 Å². The van der Waals surface area contributed by atoms with E-state index in [9.17, 15) is 10.2 Å². The average molecular weight is 310 g/mol. The summed E-state index contributed by atoms with van der Waals surface area (Å²) in [5.74, 6) is 10.6. The van der Waals surface area contributed by atoms with Crippen LogP contribution in [0.1, 0.15) is 6.23 Å². The Balaban J connectivity index is 1.91. The molecule has 1 fully saturated rings. The lowest BCUT2D eigenvalue weighted by molar-refractivity contribution is -0.618. The number of fused-ring (bicyclic) bond motifs is 1. The Morgan fingerprint density at radius 1 is 1.27 bits per heavy atom. The summed E-state index contributed by atoms with van der Waals surface area (Å²) in [6.45, 7) is -0.00845. The van der Waals surface area contributed by atoms with Gasteiger partial charge in [-0.15, -0.1) is 0 Å². The number of hydrogen-bond donors (Lipinski definition) is 5. The summed E-state index contributed by atoms with van der Waals surface area (Å²) in [5.41, 5.74) is 6.49. The number of aromatic nitrogens is 4. The van der Waals surface area contributed by atoms with Gasteiger partial charge in [-0.2, -0.15) is 11.7 Å². The van der Waals surface area contributed by atoms with Gasteiger partial charge < -0.3 is 20.7 Å². The van der Waals surface area contributed by atoms with Gasteiger partial charge in [0.2, 0.25) is 0 Å². The van der Waals surface area contributed by atoms with Gasteiger partial charge in [-0.3, -0.25) is 4.57 Å². The zero-order chi connectivity index (χ0) is 15.9. The average Bonchev–Trinajstić information content (AvgIpc) is 3.01. The van der Waals surface area contributed by atoms with Gasteiger partial charge in [-0.05, 0) is 0 Å². The van der Waals surface area contributed by atoms with Crippen molar-refractivity contribution in [3.8, 4) is 0 Å². The van der Waals surface area contributed by atoms with Crippen molar-refractivity contribution in [2.45, 2.75) is 24.5 Å². The van der Waals surface area contributed by atoms with Crippen molar-refractivity contribution >= 4 is 17.0 Å². The number of rotatable bonds is 3. The number of hydrazine groups is 2. The van der Waals surface area contributed by atoms with E-state index in [1.807, 2.05) is 0 Å². The van der Waals surface area contributed by atoms with Crippen LogP contribution in [0.4, 0.5) is 5.82 Å². The van der Waals surface area contributed by atoms with Crippen molar-refractivity contribution in [3.05, 3.63) is 12.7 Å². The third-order valence-corrected chi connectivity index (χ3v) is 3.42. The zero-order valence-electron chi connectivity index (χ0n) is 11.4. The van der Waals surface area contributed by atoms with Crippen LogP contribution in [0.15, 0.2) is 17.8 Å². The van der Waals surface area contributed by atoms with E-state index in [1.165, 1.54) is 17.2 Å². The Hall–Kier alpha value is -2.57. The standard InChI is InChI=1S/C10H16N9O3/c11-8-5-9(15-2-14-8)18(3-16-5)10-7(21)6(20)4(22-10)1-17-19(12)13/h2-4,6-7,10,20-21H,1H2,(H2,11,14,15)(H4,12,13,17)/q+1/t4-,6-,7-,10-/m1/s1. The van der Waals surface area contributed by atoms with Gasteiger partial charge in [0.25, 0.3) is 0 Å². The number of hydrogen-bond acceptors (Lipinski definition) is 8. The Kier molecular flexibility index (Phi) is 3.48. The maximum atomic E-state index is 10.2. The van der Waals surface area contributed by atoms with Gasteiger partial charge in [-0.1, -0.05) is 0 Å². The third-order valence-electron chi connectivity index (χ3n) is 3.42. The van der Waals surface area contributed by atoms with Gasteiger partial charge >= 0.3 is 0 Å². The fourth-order valence-electron chi connectivity index (χ4n) is 2.34. The second kappa shape index (κ2) is 5.32. The minimum absolute atomic E-state index is 0.00845. The van der Waals surface area contributed by atoms with Crippen LogP contribution in [0.25, 0.3) is 11.2 Å². The maximum absolute atomic E-state index is 10.2. The lowest BCUT2D eigenvalue weighted by Crippen LogP contribution is -2.34. The molecule has 0 radical (unpaired) electrons. The summed E-state index contributed by atoms with van der Waals surface area (Å²) in [7, 11) is 0. The first-order valence-corrected chi connectivity index (χ1v) is 6.40. The highest BCUT2D eigenvalue weighted by molar-refractivity contribution is 5.81. The molecule has 2 aromatic rings. The van der Waals surface area contributed by atoms with Crippen molar-refractivity contribution in [1.29, 1.82) is 0 Å². The summed E-state index contributed by atoms with van der Waals surface area (Å²) in [6.07, 6.45) is -1.33. The molecule has 4 atom stereocenters. The van der Waals surface area contributed by atoms with E-state index in [4.69, 9.17) is 22.2 Å². The van der Waals surface area contributed by atoms with Gasteiger partial charge in [0.15, 0.2) is 17.7 Å². The molecule has 12 heteroatoms. The van der Waals surface area contributed by atoms with E-state index in [2.05, 4.69) is 20.1 Å². The summed E-state index contributed by atoms with van der Waals surface area (Å²) >= 11 is 0. The molecule has 1 aliphatic rings. The topological polar surface area (TPSA) is 187 Å². The van der Waals surface area contributed by atoms with E-state index >= 15 is 0 Å². The Labute approximate surface area is 123 Å². The van der Waals surface area contributed by atoms with Crippen molar-refractivity contribution in [2.24, 2.45) is 16.8 Å². The summed E-state index contributed by atoms with van der Waals surface area (Å²) < 4.78 is 7.10. The second-order valence-electron chi connectivity index (χ2n) is 4.83. The van der Waals surface area contributed by atoms with Crippen molar-refractivity contribution in [2.75, 3.05) is 12.3 Å². The molecule has 0 aliphatic carbocycles. The SMILES string of the molecule is Nc1ncnc2c1ncn2[C@@H]1O[C@H](CN=[N+](N)N)[C@@H](O)[C@H]1O. The molecule has 0 aromatic carbocycles. The number of nitrogen functional groups attached to an aromatic ring is 1. The van der Waals surface area contributed by atoms with Crippen LogP contribution in [0.3, 0.4) is 0 Å². The smallest absolute Gasteiger partial charge is 0.167 e. The molecule has 0 bridgehead atoms. The van der Waals surface area contributed by atoms with Gasteiger partial charge in [0, 0.05) is 5.11 Å². The largest absolute Gasteiger partial charge is 0.387 e. The number of anilines is 1. The van der Waals surface area contributed by atoms with E-state index in [-0.39, 0.29) is 12.4 Å². The number of imidazole rings is 1. The van der Waals surface area contributed by atoms with E-state index in [1.54, 1.807) is 0 Å². The van der Waals surface area contributed by atoms with Crippen LogP contribution in [0, 0.1) is 0 Å². The molecule has 12 nitrogen and oxygen atoms in total. The predicted molar refractivity (Wildman–Crippen MR) is 71.6 cm³/mol. The van der Waals surface area contributed by atoms with E-state index in [0.29, 0.717) is 16.1 Å². The first kappa shape index (κ1) is 14.4. The van der Waals surface area contributed by atoms with Crippen molar-refractivity contribution in [3.63, 3.8) is 0 Å². The highest BCUT2D eigenvalue weighted by Crippen LogP contribution is 2.31. The molecule has 1 saturated heterocycles. The first-order valence-electron chi connectivity index (χ1n) is 6.40. The molecule has 22 heavy (non-hydrogen) atoms. The monoisotopic (exact) mass is 310 g/mol. The highest BCUT2D eigenvalue weighted by atomic mass is 16.6. The van der Waals surface area contributed by atoms with E-state index < -0.39 is 24.5 Å².